The Morgan fingerprint density at radius 2 is 1.73 bits per heavy atom. The second-order valence-corrected chi connectivity index (χ2v) is 6.87. The van der Waals surface area contributed by atoms with E-state index in [2.05, 4.69) is 24.1 Å². The van der Waals surface area contributed by atoms with Crippen LogP contribution in [0.4, 0.5) is 4.79 Å². The lowest BCUT2D eigenvalue weighted by Crippen LogP contribution is -2.39. The molecule has 0 aliphatic rings. The summed E-state index contributed by atoms with van der Waals surface area (Å²) in [7, 11) is 0. The number of hydrogen-bond acceptors (Lipinski definition) is 4. The number of nitrogens with two attached hydrogens (primary N) is 1. The van der Waals surface area contributed by atoms with Crippen molar-refractivity contribution in [2.45, 2.75) is 71.9 Å². The fraction of sp³-hybridized carbons (Fsp3) is 0.875. The molecular formula is C16H33N3O3. The lowest BCUT2D eigenvalue weighted by molar-refractivity contribution is -0.119. The highest BCUT2D eigenvalue weighted by Gasteiger charge is 2.15. The van der Waals surface area contributed by atoms with Crippen molar-refractivity contribution in [3.8, 4) is 0 Å². The Balaban J connectivity index is 3.64. The Labute approximate surface area is 134 Å². The molecule has 0 unspecified atom stereocenters. The number of carbonyl (C=O) groups excluding carboxylic acids is 2. The first kappa shape index (κ1) is 20.7. The maximum Gasteiger partial charge on any atom is 0.407 e. The highest BCUT2D eigenvalue weighted by molar-refractivity contribution is 5.75. The largest absolute Gasteiger partial charge is 0.444 e. The van der Waals surface area contributed by atoms with E-state index in [-0.39, 0.29) is 12.0 Å². The van der Waals surface area contributed by atoms with Crippen molar-refractivity contribution in [1.82, 2.24) is 10.2 Å². The number of unbranched alkanes of at least 4 members (excludes halogenated alkanes) is 3. The maximum atomic E-state index is 11.4. The Morgan fingerprint density at radius 3 is 2.23 bits per heavy atom. The fourth-order valence-corrected chi connectivity index (χ4v) is 2.02. The average Bonchev–Trinajstić information content (AvgIpc) is 2.33. The lowest BCUT2D eigenvalue weighted by atomic mass is 10.1. The summed E-state index contributed by atoms with van der Waals surface area (Å²) < 4.78 is 5.16. The van der Waals surface area contributed by atoms with Gasteiger partial charge in [-0.1, -0.05) is 12.8 Å². The molecule has 6 heteroatoms. The van der Waals surface area contributed by atoms with Crippen LogP contribution in [0.3, 0.4) is 0 Å². The standard InChI is InChI=1S/C16H33N3O3/c1-13(2)19(12-14(17)20)11-9-7-6-8-10-18-15(21)22-16(3,4)5/h13H,6-12H2,1-5H3,(H2,17,20)(H,18,21). The maximum absolute atomic E-state index is 11.4. The summed E-state index contributed by atoms with van der Waals surface area (Å²) in [4.78, 5) is 24.5. The minimum absolute atomic E-state index is 0.282. The van der Waals surface area contributed by atoms with Crippen LogP contribution < -0.4 is 11.1 Å². The van der Waals surface area contributed by atoms with E-state index in [0.717, 1.165) is 32.2 Å². The van der Waals surface area contributed by atoms with Gasteiger partial charge in [0, 0.05) is 12.6 Å². The van der Waals surface area contributed by atoms with Crippen molar-refractivity contribution >= 4 is 12.0 Å². The van der Waals surface area contributed by atoms with Gasteiger partial charge in [-0.3, -0.25) is 9.69 Å². The van der Waals surface area contributed by atoms with Crippen LogP contribution in [0, 0.1) is 0 Å². The molecule has 0 spiro atoms. The summed E-state index contributed by atoms with van der Waals surface area (Å²) in [5, 5.41) is 2.75. The summed E-state index contributed by atoms with van der Waals surface area (Å²) in [6.45, 7) is 11.5. The number of ether oxygens (including phenoxy) is 1. The molecule has 0 aromatic carbocycles. The molecule has 6 nitrogen and oxygen atoms in total. The Morgan fingerprint density at radius 1 is 1.14 bits per heavy atom. The normalized spacial score (nSPS) is 11.8. The zero-order valence-corrected chi connectivity index (χ0v) is 14.8. The summed E-state index contributed by atoms with van der Waals surface area (Å²) in [6, 6.07) is 0.321. The van der Waals surface area contributed by atoms with E-state index in [9.17, 15) is 9.59 Å². The van der Waals surface area contributed by atoms with Gasteiger partial charge in [-0.25, -0.2) is 4.79 Å². The van der Waals surface area contributed by atoms with Gasteiger partial charge >= 0.3 is 6.09 Å². The van der Waals surface area contributed by atoms with Gasteiger partial charge in [0.25, 0.3) is 0 Å². The molecular weight excluding hydrogens is 282 g/mol. The molecule has 0 radical (unpaired) electrons. The molecule has 0 aromatic rings. The van der Waals surface area contributed by atoms with E-state index < -0.39 is 5.60 Å². The third-order valence-electron chi connectivity index (χ3n) is 3.13. The van der Waals surface area contributed by atoms with Crippen LogP contribution >= 0.6 is 0 Å². The summed E-state index contributed by atoms with van der Waals surface area (Å²) in [5.41, 5.74) is 4.79. The number of carbonyl (C=O) groups is 2. The van der Waals surface area contributed by atoms with E-state index in [1.165, 1.54) is 0 Å². The van der Waals surface area contributed by atoms with E-state index >= 15 is 0 Å². The minimum Gasteiger partial charge on any atom is -0.444 e. The first-order chi connectivity index (χ1) is 10.1. The molecule has 0 heterocycles. The monoisotopic (exact) mass is 315 g/mol. The van der Waals surface area contributed by atoms with Crippen molar-refractivity contribution in [1.29, 1.82) is 0 Å². The van der Waals surface area contributed by atoms with Crippen molar-refractivity contribution in [3.63, 3.8) is 0 Å². The Kier molecular flexibility index (Phi) is 9.81. The van der Waals surface area contributed by atoms with Gasteiger partial charge < -0.3 is 15.8 Å². The molecule has 0 aliphatic heterocycles. The zero-order valence-electron chi connectivity index (χ0n) is 14.8. The Bertz CT molecular complexity index is 338. The van der Waals surface area contributed by atoms with Crippen molar-refractivity contribution in [3.05, 3.63) is 0 Å². The van der Waals surface area contributed by atoms with Gasteiger partial charge in [-0.15, -0.1) is 0 Å². The second-order valence-electron chi connectivity index (χ2n) is 6.87. The predicted molar refractivity (Wildman–Crippen MR) is 88.6 cm³/mol. The lowest BCUT2D eigenvalue weighted by Gasteiger charge is -2.24. The van der Waals surface area contributed by atoms with E-state index in [1.807, 2.05) is 20.8 Å². The van der Waals surface area contributed by atoms with Crippen LogP contribution in [0.15, 0.2) is 0 Å². The number of alkyl carbamates (subject to hydrolysis) is 1. The predicted octanol–water partition coefficient (Wildman–Crippen LogP) is 2.27. The van der Waals surface area contributed by atoms with Gasteiger partial charge in [-0.2, -0.15) is 0 Å². The number of amides is 2. The van der Waals surface area contributed by atoms with Crippen molar-refractivity contribution < 1.29 is 14.3 Å². The van der Waals surface area contributed by atoms with E-state index in [0.29, 0.717) is 19.1 Å². The van der Waals surface area contributed by atoms with Crippen LogP contribution in [0.5, 0.6) is 0 Å². The molecule has 0 rings (SSSR count). The van der Waals surface area contributed by atoms with Crippen LogP contribution in [0.25, 0.3) is 0 Å². The highest BCUT2D eigenvalue weighted by atomic mass is 16.6. The van der Waals surface area contributed by atoms with Gasteiger partial charge in [0.1, 0.15) is 5.60 Å². The zero-order chi connectivity index (χ0) is 17.2. The third kappa shape index (κ3) is 12.4. The number of rotatable bonds is 10. The van der Waals surface area contributed by atoms with Gasteiger partial charge in [0.05, 0.1) is 6.54 Å². The minimum atomic E-state index is -0.454. The third-order valence-corrected chi connectivity index (χ3v) is 3.13. The average molecular weight is 315 g/mol. The second kappa shape index (κ2) is 10.4. The van der Waals surface area contributed by atoms with Crippen LogP contribution in [-0.2, 0) is 9.53 Å². The van der Waals surface area contributed by atoms with Gasteiger partial charge in [0.15, 0.2) is 0 Å². The Hall–Kier alpha value is -1.30. The van der Waals surface area contributed by atoms with Gasteiger partial charge in [-0.05, 0) is 54.0 Å². The molecule has 2 amide bonds. The van der Waals surface area contributed by atoms with Crippen LogP contribution in [0.2, 0.25) is 0 Å². The summed E-state index contributed by atoms with van der Waals surface area (Å²) in [6.07, 6.45) is 3.70. The first-order valence-electron chi connectivity index (χ1n) is 8.11. The van der Waals surface area contributed by atoms with Gasteiger partial charge in [0.2, 0.25) is 5.91 Å². The topological polar surface area (TPSA) is 84.7 Å². The molecule has 0 aromatic heterocycles. The van der Waals surface area contributed by atoms with Crippen molar-refractivity contribution in [2.75, 3.05) is 19.6 Å². The molecule has 3 N–H and O–H groups in total. The molecule has 22 heavy (non-hydrogen) atoms. The van der Waals surface area contributed by atoms with Crippen LogP contribution in [-0.4, -0.2) is 48.2 Å². The molecule has 0 atom stereocenters. The molecule has 0 fully saturated rings. The van der Waals surface area contributed by atoms with Crippen LogP contribution in [0.1, 0.15) is 60.3 Å². The quantitative estimate of drug-likeness (QED) is 0.606. The van der Waals surface area contributed by atoms with E-state index in [1.54, 1.807) is 0 Å². The first-order valence-corrected chi connectivity index (χ1v) is 8.11. The SMILES string of the molecule is CC(C)N(CCCCCCNC(=O)OC(C)(C)C)CC(N)=O. The molecule has 0 saturated carbocycles. The summed E-state index contributed by atoms with van der Waals surface area (Å²) in [5.74, 6) is -0.282. The van der Waals surface area contributed by atoms with E-state index in [4.69, 9.17) is 10.5 Å². The molecule has 0 saturated heterocycles. The van der Waals surface area contributed by atoms with Crippen molar-refractivity contribution in [2.24, 2.45) is 5.73 Å². The number of hydrogen-bond donors (Lipinski definition) is 2. The fourth-order valence-electron chi connectivity index (χ4n) is 2.02. The number of nitrogens with one attached hydrogen (secondary N) is 1. The summed E-state index contributed by atoms with van der Waals surface area (Å²) >= 11 is 0. The number of primary amides is 1. The smallest absolute Gasteiger partial charge is 0.407 e. The molecule has 0 bridgehead atoms. The molecule has 0 aliphatic carbocycles. The molecule has 130 valence electrons. The highest BCUT2D eigenvalue weighted by Crippen LogP contribution is 2.07. The number of nitrogens with zero attached hydrogens (tertiary/aromatic N) is 1.